The predicted octanol–water partition coefficient (Wildman–Crippen LogP) is 3.70. The average molecular weight is 270 g/mol. The molecule has 1 rings (SSSR count). The molecule has 4 heteroatoms. The van der Waals surface area contributed by atoms with Crippen molar-refractivity contribution in [2.24, 2.45) is 0 Å². The quantitative estimate of drug-likeness (QED) is 0.782. The molecule has 0 saturated carbocycles. The van der Waals surface area contributed by atoms with Gasteiger partial charge in [0.05, 0.1) is 10.6 Å². The Hall–Kier alpha value is -0.450. The van der Waals surface area contributed by atoms with Crippen LogP contribution < -0.4 is 5.32 Å². The molecule has 1 atom stereocenters. The van der Waals surface area contributed by atoms with Gasteiger partial charge in [0.15, 0.2) is 0 Å². The van der Waals surface area contributed by atoms with Crippen molar-refractivity contribution in [2.45, 2.75) is 58.6 Å². The molecule has 0 radical (unpaired) electrons. The van der Waals surface area contributed by atoms with Crippen LogP contribution in [0.4, 0.5) is 0 Å². The van der Waals surface area contributed by atoms with Crippen molar-refractivity contribution in [1.82, 2.24) is 10.3 Å². The van der Waals surface area contributed by atoms with Crippen LogP contribution in [0.25, 0.3) is 0 Å². The summed E-state index contributed by atoms with van der Waals surface area (Å²) in [5, 5.41) is 4.75. The number of ether oxygens (including phenoxy) is 1. The molecule has 104 valence electrons. The minimum absolute atomic E-state index is 0.0497. The van der Waals surface area contributed by atoms with E-state index in [1.54, 1.807) is 18.4 Å². The maximum atomic E-state index is 5.49. The zero-order chi connectivity index (χ0) is 13.6. The fraction of sp³-hybridized carbons (Fsp3) is 0.786. The Bertz CT molecular complexity index is 349. The van der Waals surface area contributed by atoms with Gasteiger partial charge in [0.25, 0.3) is 0 Å². The third-order valence-corrected chi connectivity index (χ3v) is 4.24. The number of rotatable bonds is 8. The zero-order valence-electron chi connectivity index (χ0n) is 12.2. The third kappa shape index (κ3) is 5.04. The van der Waals surface area contributed by atoms with Gasteiger partial charge < -0.3 is 10.1 Å². The number of nitrogens with one attached hydrogen (secondary N) is 1. The summed E-state index contributed by atoms with van der Waals surface area (Å²) in [6.45, 7) is 9.59. The normalized spacial score (nSPS) is 13.8. The molecule has 0 fully saturated rings. The van der Waals surface area contributed by atoms with Crippen molar-refractivity contribution < 1.29 is 4.74 Å². The number of hydrogen-bond acceptors (Lipinski definition) is 4. The van der Waals surface area contributed by atoms with Crippen LogP contribution in [0.5, 0.6) is 0 Å². The van der Waals surface area contributed by atoms with E-state index in [0.717, 1.165) is 30.8 Å². The standard InChI is InChI=1S/C14H26N2OS/c1-6-9-15-12(7-8-14(3,4)17-5)13-10-16-11(2)18-13/h10,12,15H,6-9H2,1-5H3. The summed E-state index contributed by atoms with van der Waals surface area (Å²) in [6.07, 6.45) is 5.29. The Morgan fingerprint density at radius 2 is 2.22 bits per heavy atom. The van der Waals surface area contributed by atoms with Gasteiger partial charge >= 0.3 is 0 Å². The monoisotopic (exact) mass is 270 g/mol. The van der Waals surface area contributed by atoms with E-state index in [1.807, 2.05) is 6.20 Å². The van der Waals surface area contributed by atoms with Crippen molar-refractivity contribution in [3.8, 4) is 0 Å². The van der Waals surface area contributed by atoms with Crippen molar-refractivity contribution >= 4 is 11.3 Å². The van der Waals surface area contributed by atoms with E-state index >= 15 is 0 Å². The summed E-state index contributed by atoms with van der Waals surface area (Å²) < 4.78 is 5.49. The second kappa shape index (κ2) is 7.22. The topological polar surface area (TPSA) is 34.1 Å². The van der Waals surface area contributed by atoms with Gasteiger partial charge in [-0.25, -0.2) is 4.98 Å². The maximum Gasteiger partial charge on any atom is 0.0897 e. The molecule has 0 aliphatic carbocycles. The van der Waals surface area contributed by atoms with E-state index in [4.69, 9.17) is 4.74 Å². The van der Waals surface area contributed by atoms with Gasteiger partial charge in [-0.1, -0.05) is 6.92 Å². The molecule has 0 aromatic carbocycles. The van der Waals surface area contributed by atoms with Crippen LogP contribution in [-0.2, 0) is 4.74 Å². The van der Waals surface area contributed by atoms with Crippen LogP contribution >= 0.6 is 11.3 Å². The van der Waals surface area contributed by atoms with Gasteiger partial charge in [-0.3, -0.25) is 0 Å². The zero-order valence-corrected chi connectivity index (χ0v) is 13.1. The minimum atomic E-state index is -0.0497. The fourth-order valence-electron chi connectivity index (χ4n) is 1.80. The average Bonchev–Trinajstić information content (AvgIpc) is 2.76. The third-order valence-electron chi connectivity index (χ3n) is 3.21. The first-order valence-electron chi connectivity index (χ1n) is 6.69. The number of aryl methyl sites for hydroxylation is 1. The summed E-state index contributed by atoms with van der Waals surface area (Å²) in [6, 6.07) is 0.408. The highest BCUT2D eigenvalue weighted by Crippen LogP contribution is 2.27. The lowest BCUT2D eigenvalue weighted by atomic mass is 9.98. The second-order valence-electron chi connectivity index (χ2n) is 5.29. The number of nitrogens with zero attached hydrogens (tertiary/aromatic N) is 1. The molecular formula is C14H26N2OS. The van der Waals surface area contributed by atoms with Gasteiger partial charge in [0, 0.05) is 24.2 Å². The van der Waals surface area contributed by atoms with Gasteiger partial charge in [0.2, 0.25) is 0 Å². The summed E-state index contributed by atoms with van der Waals surface area (Å²) in [5.74, 6) is 0. The van der Waals surface area contributed by atoms with Gasteiger partial charge in [-0.15, -0.1) is 11.3 Å². The molecule has 0 bridgehead atoms. The molecule has 0 spiro atoms. The van der Waals surface area contributed by atoms with Crippen molar-refractivity contribution in [2.75, 3.05) is 13.7 Å². The Morgan fingerprint density at radius 1 is 1.50 bits per heavy atom. The maximum absolute atomic E-state index is 5.49. The van der Waals surface area contributed by atoms with E-state index < -0.39 is 0 Å². The van der Waals surface area contributed by atoms with E-state index in [2.05, 4.69) is 38.0 Å². The second-order valence-corrected chi connectivity index (χ2v) is 6.56. The number of hydrogen-bond donors (Lipinski definition) is 1. The molecule has 0 amide bonds. The Balaban J connectivity index is 2.61. The fourth-order valence-corrected chi connectivity index (χ4v) is 2.69. The SMILES string of the molecule is CCCNC(CCC(C)(C)OC)c1cnc(C)s1. The molecule has 1 aromatic heterocycles. The largest absolute Gasteiger partial charge is 0.379 e. The van der Waals surface area contributed by atoms with Crippen molar-refractivity contribution in [1.29, 1.82) is 0 Å². The smallest absolute Gasteiger partial charge is 0.0897 e. The molecule has 0 aliphatic rings. The summed E-state index contributed by atoms with van der Waals surface area (Å²) in [5.41, 5.74) is -0.0497. The van der Waals surface area contributed by atoms with Gasteiger partial charge in [0.1, 0.15) is 0 Å². The minimum Gasteiger partial charge on any atom is -0.379 e. The van der Waals surface area contributed by atoms with Crippen molar-refractivity contribution in [3.63, 3.8) is 0 Å². The van der Waals surface area contributed by atoms with Crippen LogP contribution in [0, 0.1) is 6.92 Å². The lowest BCUT2D eigenvalue weighted by molar-refractivity contribution is 0.0117. The van der Waals surface area contributed by atoms with E-state index in [1.165, 1.54) is 4.88 Å². The molecular weight excluding hydrogens is 244 g/mol. The van der Waals surface area contributed by atoms with Crippen LogP contribution in [0.2, 0.25) is 0 Å². The summed E-state index contributed by atoms with van der Waals surface area (Å²) >= 11 is 1.79. The van der Waals surface area contributed by atoms with Crippen LogP contribution in [0.15, 0.2) is 6.20 Å². The van der Waals surface area contributed by atoms with Gasteiger partial charge in [-0.2, -0.15) is 0 Å². The molecule has 18 heavy (non-hydrogen) atoms. The van der Waals surface area contributed by atoms with E-state index in [9.17, 15) is 0 Å². The number of methoxy groups -OCH3 is 1. The molecule has 1 aromatic rings. The number of thiazole rings is 1. The van der Waals surface area contributed by atoms with E-state index in [-0.39, 0.29) is 5.60 Å². The lowest BCUT2D eigenvalue weighted by Gasteiger charge is -2.26. The van der Waals surface area contributed by atoms with Crippen LogP contribution in [-0.4, -0.2) is 24.2 Å². The highest BCUT2D eigenvalue weighted by molar-refractivity contribution is 7.11. The lowest BCUT2D eigenvalue weighted by Crippen LogP contribution is -2.27. The summed E-state index contributed by atoms with van der Waals surface area (Å²) in [7, 11) is 1.78. The highest BCUT2D eigenvalue weighted by atomic mass is 32.1. The molecule has 1 unspecified atom stereocenters. The molecule has 1 heterocycles. The molecule has 1 N–H and O–H groups in total. The molecule has 3 nitrogen and oxygen atoms in total. The molecule has 0 aliphatic heterocycles. The summed E-state index contributed by atoms with van der Waals surface area (Å²) in [4.78, 5) is 5.70. The predicted molar refractivity (Wildman–Crippen MR) is 78.2 cm³/mol. The van der Waals surface area contributed by atoms with Gasteiger partial charge in [-0.05, 0) is 46.6 Å². The first kappa shape index (κ1) is 15.6. The molecule has 0 saturated heterocycles. The van der Waals surface area contributed by atoms with Crippen LogP contribution in [0.1, 0.15) is 56.0 Å². The van der Waals surface area contributed by atoms with E-state index in [0.29, 0.717) is 6.04 Å². The highest BCUT2D eigenvalue weighted by Gasteiger charge is 2.21. The first-order valence-corrected chi connectivity index (χ1v) is 7.51. The van der Waals surface area contributed by atoms with Crippen LogP contribution in [0.3, 0.4) is 0 Å². The first-order chi connectivity index (χ1) is 8.48. The Kier molecular flexibility index (Phi) is 6.26. The van der Waals surface area contributed by atoms with Crippen molar-refractivity contribution in [3.05, 3.63) is 16.1 Å². The number of aromatic nitrogens is 1. The Labute approximate surface area is 115 Å². The Morgan fingerprint density at radius 3 is 2.72 bits per heavy atom.